The second-order valence-electron chi connectivity index (χ2n) is 8.72. The maximum atomic E-state index is 14.4. The van der Waals surface area contributed by atoms with Gasteiger partial charge >= 0.3 is 18.0 Å². The Kier molecular flexibility index (Phi) is 7.83. The largest absolute Gasteiger partial charge is 0.439 e. The summed E-state index contributed by atoms with van der Waals surface area (Å²) in [6.45, 7) is 8.88. The molecule has 1 N–H and O–H groups in total. The highest BCUT2D eigenvalue weighted by molar-refractivity contribution is 6.32. The first kappa shape index (κ1) is 30.2. The summed E-state index contributed by atoms with van der Waals surface area (Å²) in [5.74, 6) is -2.12. The van der Waals surface area contributed by atoms with Crippen molar-refractivity contribution >= 4 is 29.1 Å². The molecule has 0 aliphatic rings. The molecule has 17 heteroatoms. The van der Waals surface area contributed by atoms with Crippen molar-refractivity contribution in [1.82, 2.24) is 35.0 Å². The molecule has 218 valence electrons. The average Bonchev–Trinajstić information content (AvgIpc) is 3.55. The Balaban J connectivity index is 1.75. The number of tetrazole rings is 1. The minimum Gasteiger partial charge on any atom is -0.354 e. The first-order valence-corrected chi connectivity index (χ1v) is 11.9. The van der Waals surface area contributed by atoms with Crippen LogP contribution in [-0.4, -0.2) is 47.3 Å². The van der Waals surface area contributed by atoms with E-state index in [2.05, 4.69) is 44.0 Å². The van der Waals surface area contributed by atoms with Crippen LogP contribution in [-0.2, 0) is 12.2 Å². The van der Waals surface area contributed by atoms with Crippen molar-refractivity contribution in [1.29, 1.82) is 5.26 Å². The predicted molar refractivity (Wildman–Crippen MR) is 137 cm³/mol. The zero-order valence-corrected chi connectivity index (χ0v) is 22.0. The molecule has 0 aliphatic heterocycles. The molecule has 0 radical (unpaired) electrons. The number of aromatic nitrogens is 7. The standard InChI is InChI=1S/C25H17ClF7N9/c1-4-16-9-15(11-34)8-13(2)20(16)36-14(3)19-10-17(38-42(19)21-18(26)6-5-7-35-21)12-41-39-22(37-40-41)23(27,24(28,29)30)25(31,32)33/h4-10,36H,1,3,12H2,2H3. The van der Waals surface area contributed by atoms with E-state index in [0.29, 0.717) is 27.2 Å². The molecule has 0 unspecified atom stereocenters. The lowest BCUT2D eigenvalue weighted by atomic mass is 10.0. The van der Waals surface area contributed by atoms with Crippen LogP contribution in [0.1, 0.15) is 33.9 Å². The van der Waals surface area contributed by atoms with Gasteiger partial charge < -0.3 is 5.32 Å². The van der Waals surface area contributed by atoms with Crippen LogP contribution in [0.3, 0.4) is 0 Å². The van der Waals surface area contributed by atoms with E-state index < -0.39 is 30.4 Å². The smallest absolute Gasteiger partial charge is 0.354 e. The number of hydrogen-bond acceptors (Lipinski definition) is 7. The summed E-state index contributed by atoms with van der Waals surface area (Å²) in [5, 5.41) is 25.7. The van der Waals surface area contributed by atoms with Crippen molar-refractivity contribution in [2.45, 2.75) is 31.5 Å². The molecule has 4 aromatic rings. The quantitative estimate of drug-likeness (QED) is 0.238. The Morgan fingerprint density at radius 2 is 1.81 bits per heavy atom. The molecule has 4 rings (SSSR count). The third kappa shape index (κ3) is 5.42. The summed E-state index contributed by atoms with van der Waals surface area (Å²) < 4.78 is 94.3. The Labute approximate surface area is 237 Å². The minimum atomic E-state index is -6.40. The fourth-order valence-corrected chi connectivity index (χ4v) is 4.05. The van der Waals surface area contributed by atoms with Gasteiger partial charge in [0.05, 0.1) is 33.7 Å². The fraction of sp³-hybridized carbons (Fsp3) is 0.200. The van der Waals surface area contributed by atoms with Crippen molar-refractivity contribution in [2.75, 3.05) is 5.32 Å². The second-order valence-corrected chi connectivity index (χ2v) is 9.12. The maximum absolute atomic E-state index is 14.4. The molecule has 0 aliphatic carbocycles. The van der Waals surface area contributed by atoms with E-state index in [4.69, 9.17) is 11.6 Å². The van der Waals surface area contributed by atoms with Crippen LogP contribution >= 0.6 is 11.6 Å². The number of pyridine rings is 1. The lowest BCUT2D eigenvalue weighted by Crippen LogP contribution is -2.51. The number of benzene rings is 1. The number of rotatable bonds is 8. The van der Waals surface area contributed by atoms with Crippen molar-refractivity contribution in [3.8, 4) is 11.9 Å². The molecule has 3 heterocycles. The van der Waals surface area contributed by atoms with Gasteiger partial charge in [-0.15, -0.1) is 10.2 Å². The zero-order chi connectivity index (χ0) is 31.0. The number of hydrogen-bond donors (Lipinski definition) is 1. The normalized spacial score (nSPS) is 12.2. The Bertz CT molecular complexity index is 1700. The van der Waals surface area contributed by atoms with E-state index in [-0.39, 0.29) is 27.9 Å². The summed E-state index contributed by atoms with van der Waals surface area (Å²) in [5.41, 5.74) is -3.28. The van der Waals surface area contributed by atoms with Gasteiger partial charge in [0.1, 0.15) is 6.54 Å². The van der Waals surface area contributed by atoms with Crippen LogP contribution in [0, 0.1) is 18.3 Å². The summed E-state index contributed by atoms with van der Waals surface area (Å²) >= 11 is 6.30. The minimum absolute atomic E-state index is 0.0115. The van der Waals surface area contributed by atoms with E-state index in [1.54, 1.807) is 25.1 Å². The number of anilines is 1. The molecule has 0 amide bonds. The molecule has 0 saturated heterocycles. The summed E-state index contributed by atoms with van der Waals surface area (Å²) in [7, 11) is 0. The van der Waals surface area contributed by atoms with E-state index >= 15 is 0 Å². The lowest BCUT2D eigenvalue weighted by molar-refractivity contribution is -0.351. The number of aryl methyl sites for hydroxylation is 1. The predicted octanol–water partition coefficient (Wildman–Crippen LogP) is 6.15. The van der Waals surface area contributed by atoms with E-state index in [0.717, 1.165) is 0 Å². The van der Waals surface area contributed by atoms with E-state index in [9.17, 15) is 36.0 Å². The molecule has 0 bridgehead atoms. The Hall–Kier alpha value is -4.78. The Morgan fingerprint density at radius 1 is 1.12 bits per heavy atom. The first-order valence-electron chi connectivity index (χ1n) is 11.5. The van der Waals surface area contributed by atoms with Crippen LogP contribution in [0.15, 0.2) is 49.7 Å². The van der Waals surface area contributed by atoms with Gasteiger partial charge in [0.25, 0.3) is 0 Å². The SMILES string of the molecule is C=Cc1cc(C#N)cc(C)c1NC(=C)c1cc(Cn2nnc(C(F)(C(F)(F)F)C(F)(F)F)n2)nn1-c1ncccc1Cl. The van der Waals surface area contributed by atoms with Crippen LogP contribution in [0.4, 0.5) is 36.4 Å². The number of nitrogens with zero attached hydrogens (tertiary/aromatic N) is 8. The van der Waals surface area contributed by atoms with Crippen molar-refractivity contribution in [3.05, 3.63) is 88.6 Å². The number of nitriles is 1. The van der Waals surface area contributed by atoms with Crippen LogP contribution in [0.2, 0.25) is 5.02 Å². The van der Waals surface area contributed by atoms with Crippen LogP contribution in [0.25, 0.3) is 17.6 Å². The Morgan fingerprint density at radius 3 is 2.40 bits per heavy atom. The molecular formula is C25H17ClF7N9. The van der Waals surface area contributed by atoms with Gasteiger partial charge in [0.2, 0.25) is 5.82 Å². The third-order valence-electron chi connectivity index (χ3n) is 5.85. The lowest BCUT2D eigenvalue weighted by Gasteiger charge is -2.26. The highest BCUT2D eigenvalue weighted by Gasteiger charge is 2.76. The molecule has 1 aromatic carbocycles. The fourth-order valence-electron chi connectivity index (χ4n) is 3.85. The second kappa shape index (κ2) is 10.9. The zero-order valence-electron chi connectivity index (χ0n) is 21.3. The van der Waals surface area contributed by atoms with Gasteiger partial charge in [-0.1, -0.05) is 30.8 Å². The molecule has 0 atom stereocenters. The summed E-state index contributed by atoms with van der Waals surface area (Å²) in [4.78, 5) is 4.51. The van der Waals surface area contributed by atoms with Gasteiger partial charge in [0, 0.05) is 11.9 Å². The molecule has 0 fully saturated rings. The van der Waals surface area contributed by atoms with Gasteiger partial charge in [-0.3, -0.25) is 0 Å². The van der Waals surface area contributed by atoms with Crippen LogP contribution in [0.5, 0.6) is 0 Å². The number of alkyl halides is 7. The van der Waals surface area contributed by atoms with Crippen molar-refractivity contribution in [3.63, 3.8) is 0 Å². The summed E-state index contributed by atoms with van der Waals surface area (Å²) in [6, 6.07) is 9.68. The third-order valence-corrected chi connectivity index (χ3v) is 6.14. The van der Waals surface area contributed by atoms with Gasteiger partial charge in [-0.2, -0.15) is 41.5 Å². The molecule has 9 nitrogen and oxygen atoms in total. The van der Waals surface area contributed by atoms with Gasteiger partial charge in [-0.25, -0.2) is 14.1 Å². The number of nitrogens with one attached hydrogen (secondary N) is 1. The number of halogens is 8. The van der Waals surface area contributed by atoms with Gasteiger partial charge in [-0.05, 0) is 53.6 Å². The van der Waals surface area contributed by atoms with Crippen molar-refractivity contribution < 1.29 is 30.7 Å². The van der Waals surface area contributed by atoms with Gasteiger partial charge in [0.15, 0.2) is 5.82 Å². The summed E-state index contributed by atoms with van der Waals surface area (Å²) in [6.07, 6.45) is -9.88. The van der Waals surface area contributed by atoms with Crippen LogP contribution < -0.4 is 5.32 Å². The maximum Gasteiger partial charge on any atom is 0.439 e. The molecule has 42 heavy (non-hydrogen) atoms. The molecule has 0 saturated carbocycles. The highest BCUT2D eigenvalue weighted by atomic mass is 35.5. The topological polar surface area (TPSA) is 110 Å². The molecule has 0 spiro atoms. The van der Waals surface area contributed by atoms with E-state index in [1.807, 2.05) is 6.07 Å². The van der Waals surface area contributed by atoms with Crippen molar-refractivity contribution in [2.24, 2.45) is 0 Å². The van der Waals surface area contributed by atoms with E-state index in [1.165, 1.54) is 29.1 Å². The average molecular weight is 612 g/mol. The monoisotopic (exact) mass is 611 g/mol. The highest BCUT2D eigenvalue weighted by Crippen LogP contribution is 2.51. The first-order chi connectivity index (χ1) is 19.6. The molecular weight excluding hydrogens is 595 g/mol. The molecule has 3 aromatic heterocycles.